The highest BCUT2D eigenvalue weighted by Crippen LogP contribution is 2.08. The van der Waals surface area contributed by atoms with Crippen LogP contribution in [0.2, 0.25) is 0 Å². The van der Waals surface area contributed by atoms with E-state index in [1.807, 2.05) is 27.7 Å². The Bertz CT molecular complexity index is 263. The summed E-state index contributed by atoms with van der Waals surface area (Å²) in [4.78, 5) is 22.3. The zero-order chi connectivity index (χ0) is 13.5. The summed E-state index contributed by atoms with van der Waals surface area (Å²) in [5, 5.41) is 2.65. The molecule has 5 nitrogen and oxygen atoms in total. The Kier molecular flexibility index (Phi) is 9.71. The Hall–Kier alpha value is -0.970. The molecule has 0 saturated carbocycles. The molecule has 1 unspecified atom stereocenters. The third kappa shape index (κ3) is 11.5. The molecule has 0 aliphatic heterocycles. The van der Waals surface area contributed by atoms with Gasteiger partial charge in [0, 0.05) is 13.0 Å². The number of carbonyl (C=O) groups excluding carboxylic acids is 2. The second kappa shape index (κ2) is 9.03. The fraction of sp³-hybridized carbons (Fsp3) is 0.833. The first-order valence-corrected chi connectivity index (χ1v) is 5.78. The van der Waals surface area contributed by atoms with E-state index in [1.54, 1.807) is 0 Å². The molecule has 1 amide bonds. The lowest BCUT2D eigenvalue weighted by Gasteiger charge is -2.20. The van der Waals surface area contributed by atoms with Gasteiger partial charge in [0.15, 0.2) is 0 Å². The van der Waals surface area contributed by atoms with Crippen molar-refractivity contribution in [3.63, 3.8) is 0 Å². The van der Waals surface area contributed by atoms with Crippen LogP contribution >= 0.6 is 12.4 Å². The molecule has 0 bridgehead atoms. The monoisotopic (exact) mass is 281 g/mol. The largest absolute Gasteiger partial charge is 0.469 e. The van der Waals surface area contributed by atoms with E-state index >= 15 is 0 Å². The Balaban J connectivity index is 0. The summed E-state index contributed by atoms with van der Waals surface area (Å²) >= 11 is 0. The molecule has 0 heterocycles. The number of halogens is 1. The summed E-state index contributed by atoms with van der Waals surface area (Å²) in [5.74, 6) is -0.0489. The molecule has 0 aromatic heterocycles. The van der Waals surface area contributed by atoms with Gasteiger partial charge in [-0.3, -0.25) is 4.79 Å². The number of rotatable bonds is 5. The van der Waals surface area contributed by atoms with Crippen LogP contribution in [0, 0.1) is 5.92 Å². The highest BCUT2D eigenvalue weighted by molar-refractivity contribution is 5.85. The van der Waals surface area contributed by atoms with Crippen molar-refractivity contribution in [2.75, 3.05) is 13.7 Å². The molecule has 6 heteroatoms. The van der Waals surface area contributed by atoms with Crippen LogP contribution in [0.15, 0.2) is 0 Å². The van der Waals surface area contributed by atoms with Gasteiger partial charge in [0.05, 0.1) is 7.11 Å². The Morgan fingerprint density at radius 2 is 1.83 bits per heavy atom. The molecule has 0 rings (SSSR count). The summed E-state index contributed by atoms with van der Waals surface area (Å²) in [6.45, 7) is 7.87. The molecule has 0 spiro atoms. The van der Waals surface area contributed by atoms with Crippen LogP contribution in [0.3, 0.4) is 0 Å². The number of amides is 1. The molecule has 108 valence electrons. The van der Waals surface area contributed by atoms with E-state index in [9.17, 15) is 9.59 Å². The fourth-order valence-electron chi connectivity index (χ4n) is 1.20. The van der Waals surface area contributed by atoms with Gasteiger partial charge in [-0.05, 0) is 33.1 Å². The third-order valence-corrected chi connectivity index (χ3v) is 2.05. The average Bonchev–Trinajstić information content (AvgIpc) is 2.14. The first-order chi connectivity index (χ1) is 7.74. The SMILES string of the molecule is COC(=O)CC(C)CCNC(=O)OC(C)(C)C.Cl. The first kappa shape index (κ1) is 19.4. The van der Waals surface area contributed by atoms with E-state index in [1.165, 1.54) is 7.11 Å². The highest BCUT2D eigenvalue weighted by atomic mass is 35.5. The number of alkyl carbamates (subject to hydrolysis) is 1. The normalized spacial score (nSPS) is 12.1. The quantitative estimate of drug-likeness (QED) is 0.787. The van der Waals surface area contributed by atoms with Gasteiger partial charge in [0.2, 0.25) is 0 Å². The van der Waals surface area contributed by atoms with Crippen LogP contribution in [-0.4, -0.2) is 31.3 Å². The van der Waals surface area contributed by atoms with Gasteiger partial charge in [-0.15, -0.1) is 12.4 Å². The minimum absolute atomic E-state index is 0. The maximum absolute atomic E-state index is 11.3. The molecule has 0 aromatic carbocycles. The van der Waals surface area contributed by atoms with Crippen molar-refractivity contribution in [1.29, 1.82) is 0 Å². The lowest BCUT2D eigenvalue weighted by atomic mass is 10.0. The second-order valence-corrected chi connectivity index (χ2v) is 5.10. The predicted molar refractivity (Wildman–Crippen MR) is 71.9 cm³/mol. The van der Waals surface area contributed by atoms with Gasteiger partial charge in [-0.2, -0.15) is 0 Å². The van der Waals surface area contributed by atoms with Crippen molar-refractivity contribution in [1.82, 2.24) is 5.32 Å². The third-order valence-electron chi connectivity index (χ3n) is 2.05. The van der Waals surface area contributed by atoms with Crippen molar-refractivity contribution >= 4 is 24.5 Å². The minimum Gasteiger partial charge on any atom is -0.469 e. The van der Waals surface area contributed by atoms with E-state index in [-0.39, 0.29) is 24.3 Å². The van der Waals surface area contributed by atoms with Gasteiger partial charge in [-0.1, -0.05) is 6.92 Å². The molecule has 1 atom stereocenters. The maximum atomic E-state index is 11.3. The summed E-state index contributed by atoms with van der Waals surface area (Å²) in [6, 6.07) is 0. The number of hydrogen-bond donors (Lipinski definition) is 1. The summed E-state index contributed by atoms with van der Waals surface area (Å²) < 4.78 is 9.64. The Morgan fingerprint density at radius 3 is 2.28 bits per heavy atom. The fourth-order valence-corrected chi connectivity index (χ4v) is 1.20. The highest BCUT2D eigenvalue weighted by Gasteiger charge is 2.16. The molecule has 18 heavy (non-hydrogen) atoms. The van der Waals surface area contributed by atoms with Gasteiger partial charge in [0.1, 0.15) is 5.60 Å². The molecule has 0 aliphatic rings. The van der Waals surface area contributed by atoms with Crippen molar-refractivity contribution in [3.8, 4) is 0 Å². The van der Waals surface area contributed by atoms with Crippen molar-refractivity contribution in [3.05, 3.63) is 0 Å². The number of nitrogens with one attached hydrogen (secondary N) is 1. The van der Waals surface area contributed by atoms with E-state index in [0.29, 0.717) is 19.4 Å². The Labute approximate surface area is 115 Å². The minimum atomic E-state index is -0.484. The standard InChI is InChI=1S/C12H23NO4.ClH/c1-9(8-10(14)16-5)6-7-13-11(15)17-12(2,3)4;/h9H,6-8H2,1-5H3,(H,13,15);1H. The molecule has 1 N–H and O–H groups in total. The lowest BCUT2D eigenvalue weighted by molar-refractivity contribution is -0.141. The van der Waals surface area contributed by atoms with Crippen molar-refractivity contribution in [2.24, 2.45) is 5.92 Å². The molecule has 0 radical (unpaired) electrons. The van der Waals surface area contributed by atoms with E-state index < -0.39 is 11.7 Å². The maximum Gasteiger partial charge on any atom is 0.407 e. The number of ether oxygens (including phenoxy) is 2. The van der Waals surface area contributed by atoms with Crippen LogP contribution in [-0.2, 0) is 14.3 Å². The van der Waals surface area contributed by atoms with Crippen molar-refractivity contribution < 1.29 is 19.1 Å². The molecular weight excluding hydrogens is 258 g/mol. The molecule has 0 fully saturated rings. The first-order valence-electron chi connectivity index (χ1n) is 5.78. The number of hydrogen-bond acceptors (Lipinski definition) is 4. The van der Waals surface area contributed by atoms with Crippen LogP contribution in [0.25, 0.3) is 0 Å². The van der Waals surface area contributed by atoms with Crippen molar-refractivity contribution in [2.45, 2.75) is 46.1 Å². The average molecular weight is 282 g/mol. The molecule has 0 saturated heterocycles. The molecular formula is C12H24ClNO4. The predicted octanol–water partition coefficient (Wildman–Crippen LogP) is 2.52. The summed E-state index contributed by atoms with van der Waals surface area (Å²) in [7, 11) is 1.37. The van der Waals surface area contributed by atoms with Gasteiger partial charge < -0.3 is 14.8 Å². The zero-order valence-corrected chi connectivity index (χ0v) is 12.6. The van der Waals surface area contributed by atoms with E-state index in [2.05, 4.69) is 10.1 Å². The van der Waals surface area contributed by atoms with Gasteiger partial charge >= 0.3 is 12.1 Å². The van der Waals surface area contributed by atoms with Crippen LogP contribution < -0.4 is 5.32 Å². The van der Waals surface area contributed by atoms with Gasteiger partial charge in [0.25, 0.3) is 0 Å². The van der Waals surface area contributed by atoms with Gasteiger partial charge in [-0.25, -0.2) is 4.79 Å². The molecule has 0 aromatic rings. The van der Waals surface area contributed by atoms with Crippen LogP contribution in [0.1, 0.15) is 40.5 Å². The smallest absolute Gasteiger partial charge is 0.407 e. The lowest BCUT2D eigenvalue weighted by Crippen LogP contribution is -2.33. The number of carbonyl (C=O) groups is 2. The Morgan fingerprint density at radius 1 is 1.28 bits per heavy atom. The number of methoxy groups -OCH3 is 1. The molecule has 0 aliphatic carbocycles. The second-order valence-electron chi connectivity index (χ2n) is 5.10. The summed E-state index contributed by atoms with van der Waals surface area (Å²) in [5.41, 5.74) is -0.484. The summed E-state index contributed by atoms with van der Waals surface area (Å²) in [6.07, 6.45) is 0.656. The van der Waals surface area contributed by atoms with Crippen LogP contribution in [0.4, 0.5) is 4.79 Å². The van der Waals surface area contributed by atoms with E-state index in [4.69, 9.17) is 4.74 Å². The topological polar surface area (TPSA) is 64.6 Å². The van der Waals surface area contributed by atoms with E-state index in [0.717, 1.165) is 0 Å². The van der Waals surface area contributed by atoms with Crippen LogP contribution in [0.5, 0.6) is 0 Å². The zero-order valence-electron chi connectivity index (χ0n) is 11.7. The number of esters is 1.